The summed E-state index contributed by atoms with van der Waals surface area (Å²) in [6, 6.07) is 8.36. The Balaban J connectivity index is 1.41. The molecule has 4 aliphatic rings. The van der Waals surface area contributed by atoms with E-state index in [1.54, 1.807) is 6.20 Å². The lowest BCUT2D eigenvalue weighted by Crippen LogP contribution is -2.45. The van der Waals surface area contributed by atoms with Gasteiger partial charge in [0.05, 0.1) is 22.6 Å². The van der Waals surface area contributed by atoms with Gasteiger partial charge in [-0.05, 0) is 80.2 Å². The standard InChI is InChI=1S/C29H27F2N3O2/c30-17-10-21-22(13-32-27(21)23(31)11-17)28-33-24(19-3-1-2-18(14-4-5-14)26(19)34-28)12-20-15-6-8-16(9-7-15)25(20)29(35)36/h1-3,10-11,13-16,20,25,32H,4-9,12H2,(H,35,36). The molecule has 184 valence electrons. The predicted molar refractivity (Wildman–Crippen MR) is 132 cm³/mol. The number of carbonyl (C=O) groups is 1. The second-order valence-electron chi connectivity index (χ2n) is 10.9. The topological polar surface area (TPSA) is 78.9 Å². The van der Waals surface area contributed by atoms with Gasteiger partial charge in [-0.3, -0.25) is 4.79 Å². The summed E-state index contributed by atoms with van der Waals surface area (Å²) < 4.78 is 28.6. The third kappa shape index (κ3) is 3.43. The molecule has 2 unspecified atom stereocenters. The summed E-state index contributed by atoms with van der Waals surface area (Å²) in [5.74, 6) is -0.832. The summed E-state index contributed by atoms with van der Waals surface area (Å²) in [5.41, 5.74) is 3.67. The minimum absolute atomic E-state index is 0.0309. The third-order valence-corrected chi connectivity index (χ3v) is 8.91. The van der Waals surface area contributed by atoms with Crippen molar-refractivity contribution < 1.29 is 18.7 Å². The average Bonchev–Trinajstić information content (AvgIpc) is 3.63. The molecule has 4 fully saturated rings. The number of halogens is 2. The van der Waals surface area contributed by atoms with Crippen LogP contribution in [-0.4, -0.2) is 26.0 Å². The molecule has 7 heteroatoms. The van der Waals surface area contributed by atoms with Crippen LogP contribution in [0.3, 0.4) is 0 Å². The maximum absolute atomic E-state index is 14.4. The Kier molecular flexibility index (Phi) is 4.92. The highest BCUT2D eigenvalue weighted by atomic mass is 19.1. The molecule has 4 aromatic rings. The Labute approximate surface area is 207 Å². The molecule has 4 aliphatic carbocycles. The van der Waals surface area contributed by atoms with Gasteiger partial charge in [0, 0.05) is 28.6 Å². The first kappa shape index (κ1) is 21.9. The van der Waals surface area contributed by atoms with Crippen LogP contribution in [0.4, 0.5) is 8.78 Å². The molecule has 2 N–H and O–H groups in total. The number of para-hydroxylation sites is 1. The lowest BCUT2D eigenvalue weighted by molar-refractivity contribution is -0.152. The smallest absolute Gasteiger partial charge is 0.307 e. The molecule has 2 bridgehead atoms. The van der Waals surface area contributed by atoms with Crippen LogP contribution in [0.5, 0.6) is 0 Å². The van der Waals surface area contributed by atoms with Crippen LogP contribution >= 0.6 is 0 Å². The fourth-order valence-corrected chi connectivity index (χ4v) is 7.05. The van der Waals surface area contributed by atoms with Gasteiger partial charge in [-0.2, -0.15) is 0 Å². The minimum atomic E-state index is -0.700. The predicted octanol–water partition coefficient (Wildman–Crippen LogP) is 6.61. The van der Waals surface area contributed by atoms with Gasteiger partial charge in [0.1, 0.15) is 11.6 Å². The molecule has 2 atom stereocenters. The fourth-order valence-electron chi connectivity index (χ4n) is 7.05. The Bertz CT molecular complexity index is 1520. The SMILES string of the molecule is O=C(O)C1C2CCC(CC2)C1Cc1nc(-c2c[nH]c3c(F)cc(F)cc23)nc2c(C3CC3)cccc12. The highest BCUT2D eigenvalue weighted by Crippen LogP contribution is 2.51. The first-order chi connectivity index (χ1) is 17.5. The van der Waals surface area contributed by atoms with Crippen molar-refractivity contribution in [3.63, 3.8) is 0 Å². The summed E-state index contributed by atoms with van der Waals surface area (Å²) in [6.07, 6.45) is 8.57. The molecular weight excluding hydrogens is 460 g/mol. The number of nitrogens with one attached hydrogen (secondary N) is 1. The van der Waals surface area contributed by atoms with Gasteiger partial charge in [-0.15, -0.1) is 0 Å². The molecule has 0 aliphatic heterocycles. The van der Waals surface area contributed by atoms with Gasteiger partial charge in [-0.1, -0.05) is 18.2 Å². The molecule has 36 heavy (non-hydrogen) atoms. The van der Waals surface area contributed by atoms with E-state index < -0.39 is 17.6 Å². The number of aliphatic carboxylic acids is 1. The molecule has 5 nitrogen and oxygen atoms in total. The molecule has 0 saturated heterocycles. The zero-order valence-corrected chi connectivity index (χ0v) is 19.8. The Morgan fingerprint density at radius 3 is 2.53 bits per heavy atom. The number of carboxylic acids is 1. The highest BCUT2D eigenvalue weighted by molar-refractivity contribution is 5.96. The van der Waals surface area contributed by atoms with Crippen LogP contribution in [0.1, 0.15) is 55.7 Å². The summed E-state index contributed by atoms with van der Waals surface area (Å²) in [6.45, 7) is 0. The summed E-state index contributed by atoms with van der Waals surface area (Å²) in [4.78, 5) is 25.2. The number of aromatic nitrogens is 3. The number of aromatic amines is 1. The first-order valence-corrected chi connectivity index (χ1v) is 13.0. The van der Waals surface area contributed by atoms with Gasteiger partial charge >= 0.3 is 5.97 Å². The molecule has 0 amide bonds. The number of fused-ring (bicyclic) bond motifs is 5. The molecule has 2 aromatic carbocycles. The van der Waals surface area contributed by atoms with Crippen LogP contribution in [0, 0.1) is 35.3 Å². The number of nitrogens with zero attached hydrogens (tertiary/aromatic N) is 2. The van der Waals surface area contributed by atoms with E-state index >= 15 is 0 Å². The second-order valence-corrected chi connectivity index (χ2v) is 10.9. The lowest BCUT2D eigenvalue weighted by Gasteiger charge is -2.47. The summed E-state index contributed by atoms with van der Waals surface area (Å²) in [5, 5.41) is 11.5. The van der Waals surface area contributed by atoms with Crippen molar-refractivity contribution in [1.82, 2.24) is 15.0 Å². The fraction of sp³-hybridized carbons (Fsp3) is 0.414. The van der Waals surface area contributed by atoms with E-state index in [4.69, 9.17) is 9.97 Å². The van der Waals surface area contributed by atoms with Crippen molar-refractivity contribution in [2.24, 2.45) is 23.7 Å². The maximum Gasteiger partial charge on any atom is 0.307 e. The quantitative estimate of drug-likeness (QED) is 0.332. The average molecular weight is 488 g/mol. The molecule has 2 aromatic heterocycles. The van der Waals surface area contributed by atoms with E-state index in [9.17, 15) is 18.7 Å². The number of carboxylic acid groups (broad SMARTS) is 1. The summed E-state index contributed by atoms with van der Waals surface area (Å²) in [7, 11) is 0. The number of hydrogen-bond acceptors (Lipinski definition) is 3. The lowest BCUT2D eigenvalue weighted by atomic mass is 9.57. The molecule has 0 spiro atoms. The van der Waals surface area contributed by atoms with Gasteiger partial charge < -0.3 is 10.1 Å². The van der Waals surface area contributed by atoms with Crippen molar-refractivity contribution >= 4 is 27.8 Å². The molecule has 4 saturated carbocycles. The van der Waals surface area contributed by atoms with E-state index in [-0.39, 0.29) is 23.3 Å². The highest BCUT2D eigenvalue weighted by Gasteiger charge is 2.47. The van der Waals surface area contributed by atoms with Crippen molar-refractivity contribution in [2.45, 2.75) is 50.9 Å². The van der Waals surface area contributed by atoms with E-state index in [1.807, 2.05) is 12.1 Å². The molecule has 2 heterocycles. The van der Waals surface area contributed by atoms with Gasteiger partial charge in [0.2, 0.25) is 0 Å². The van der Waals surface area contributed by atoms with Crippen molar-refractivity contribution in [1.29, 1.82) is 0 Å². The van der Waals surface area contributed by atoms with Gasteiger partial charge in [0.25, 0.3) is 0 Å². The van der Waals surface area contributed by atoms with Gasteiger partial charge in [0.15, 0.2) is 5.82 Å². The van der Waals surface area contributed by atoms with E-state index in [0.717, 1.165) is 61.2 Å². The van der Waals surface area contributed by atoms with Crippen LogP contribution in [0.2, 0.25) is 0 Å². The Morgan fingerprint density at radius 2 is 1.78 bits per heavy atom. The Hall–Kier alpha value is -3.35. The number of H-pyrrole nitrogens is 1. The van der Waals surface area contributed by atoms with Crippen molar-refractivity contribution in [2.75, 3.05) is 0 Å². The van der Waals surface area contributed by atoms with Crippen LogP contribution in [-0.2, 0) is 11.2 Å². The molecular formula is C29H27F2N3O2. The third-order valence-electron chi connectivity index (χ3n) is 8.91. The van der Waals surface area contributed by atoms with E-state index in [2.05, 4.69) is 11.1 Å². The van der Waals surface area contributed by atoms with Crippen LogP contribution in [0.15, 0.2) is 36.5 Å². The van der Waals surface area contributed by atoms with E-state index in [0.29, 0.717) is 35.0 Å². The maximum atomic E-state index is 14.4. The summed E-state index contributed by atoms with van der Waals surface area (Å²) >= 11 is 0. The zero-order chi connectivity index (χ0) is 24.6. The molecule has 8 rings (SSSR count). The number of hydrogen-bond donors (Lipinski definition) is 2. The second kappa shape index (κ2) is 8.08. The first-order valence-electron chi connectivity index (χ1n) is 13.0. The largest absolute Gasteiger partial charge is 0.481 e. The molecule has 0 radical (unpaired) electrons. The van der Waals surface area contributed by atoms with Gasteiger partial charge in [-0.25, -0.2) is 18.7 Å². The Morgan fingerprint density at radius 1 is 1.00 bits per heavy atom. The van der Waals surface area contributed by atoms with E-state index in [1.165, 1.54) is 11.6 Å². The normalized spacial score (nSPS) is 25.6. The van der Waals surface area contributed by atoms with Crippen LogP contribution in [0.25, 0.3) is 33.2 Å². The zero-order valence-electron chi connectivity index (χ0n) is 19.8. The van der Waals surface area contributed by atoms with Crippen molar-refractivity contribution in [3.05, 3.63) is 59.4 Å². The number of rotatable bonds is 5. The minimum Gasteiger partial charge on any atom is -0.481 e. The monoisotopic (exact) mass is 487 g/mol. The number of benzene rings is 2. The van der Waals surface area contributed by atoms with Crippen molar-refractivity contribution in [3.8, 4) is 11.4 Å². The van der Waals surface area contributed by atoms with Crippen LogP contribution < -0.4 is 0 Å².